The van der Waals surface area contributed by atoms with Crippen molar-refractivity contribution in [3.8, 4) is 5.75 Å². The first-order chi connectivity index (χ1) is 13.5. The van der Waals surface area contributed by atoms with Gasteiger partial charge in [-0.2, -0.15) is 0 Å². The van der Waals surface area contributed by atoms with E-state index in [-0.39, 0.29) is 11.1 Å². The predicted octanol–water partition coefficient (Wildman–Crippen LogP) is 6.32. The van der Waals surface area contributed by atoms with Gasteiger partial charge in [-0.1, -0.05) is 58.6 Å². The van der Waals surface area contributed by atoms with Crippen molar-refractivity contribution in [1.82, 2.24) is 0 Å². The zero-order valence-electron chi connectivity index (χ0n) is 19.8. The minimum Gasteiger partial charge on any atom is -0.497 e. The normalized spacial score (nSPS) is 14.6. The van der Waals surface area contributed by atoms with E-state index >= 15 is 0 Å². The van der Waals surface area contributed by atoms with Gasteiger partial charge < -0.3 is 19.0 Å². The van der Waals surface area contributed by atoms with Crippen LogP contribution in [0.3, 0.4) is 0 Å². The Hall–Kier alpha value is -0.883. The van der Waals surface area contributed by atoms with Gasteiger partial charge in [0, 0.05) is 6.10 Å². The fourth-order valence-corrected chi connectivity index (χ4v) is 4.50. The van der Waals surface area contributed by atoms with E-state index in [1.165, 1.54) is 12.8 Å². The van der Waals surface area contributed by atoms with Crippen LogP contribution in [0, 0.1) is 0 Å². The fraction of sp³-hybridized carbons (Fsp3) is 0.750. The summed E-state index contributed by atoms with van der Waals surface area (Å²) in [5.41, 5.74) is 1.09. The lowest BCUT2D eigenvalue weighted by Gasteiger charge is -2.38. The van der Waals surface area contributed by atoms with Gasteiger partial charge in [-0.3, -0.25) is 0 Å². The number of hydrogen-bond donors (Lipinski definition) is 1. The average molecular weight is 425 g/mol. The maximum Gasteiger partial charge on any atom is 0.192 e. The highest BCUT2D eigenvalue weighted by atomic mass is 28.4. The molecule has 0 radical (unpaired) electrons. The smallest absolute Gasteiger partial charge is 0.192 e. The van der Waals surface area contributed by atoms with E-state index in [4.69, 9.17) is 13.9 Å². The van der Waals surface area contributed by atoms with Crippen molar-refractivity contribution in [2.45, 2.75) is 103 Å². The molecule has 1 aromatic carbocycles. The molecule has 0 heterocycles. The third-order valence-corrected chi connectivity index (χ3v) is 10.5. The van der Waals surface area contributed by atoms with Crippen molar-refractivity contribution in [2.75, 3.05) is 13.7 Å². The van der Waals surface area contributed by atoms with Gasteiger partial charge in [-0.05, 0) is 55.6 Å². The molecular formula is C24H44O4Si. The van der Waals surface area contributed by atoms with E-state index in [9.17, 15) is 5.11 Å². The SMILES string of the molecule is COc1ccc(COC[C@H](O)CCCCCC[C@@H](C)O[Si](C)(C)C(C)(C)C)cc1. The van der Waals surface area contributed by atoms with Gasteiger partial charge in [0.25, 0.3) is 0 Å². The molecule has 1 N–H and O–H groups in total. The van der Waals surface area contributed by atoms with Crippen molar-refractivity contribution in [2.24, 2.45) is 0 Å². The standard InChI is InChI=1S/C24H44O4Si/c1-20(28-29(6,7)24(2,3)4)12-10-8-9-11-13-22(25)19-27-18-21-14-16-23(26-5)17-15-21/h14-17,20,22,25H,8-13,18-19H2,1-7H3/t20-,22-/m1/s1. The second-order valence-electron chi connectivity index (χ2n) is 9.70. The van der Waals surface area contributed by atoms with Crippen LogP contribution in [-0.2, 0) is 15.8 Å². The molecule has 4 nitrogen and oxygen atoms in total. The summed E-state index contributed by atoms with van der Waals surface area (Å²) >= 11 is 0. The number of methoxy groups -OCH3 is 1. The molecule has 0 aromatic heterocycles. The van der Waals surface area contributed by atoms with Crippen LogP contribution in [0.1, 0.15) is 71.8 Å². The summed E-state index contributed by atoms with van der Waals surface area (Å²) in [5, 5.41) is 10.4. The minimum atomic E-state index is -1.65. The molecule has 0 bridgehead atoms. The number of hydrogen-bond acceptors (Lipinski definition) is 4. The lowest BCUT2D eigenvalue weighted by atomic mass is 10.1. The average Bonchev–Trinajstić information content (AvgIpc) is 2.63. The molecule has 0 fully saturated rings. The quantitative estimate of drug-likeness (QED) is 0.280. The van der Waals surface area contributed by atoms with E-state index in [2.05, 4.69) is 40.8 Å². The van der Waals surface area contributed by atoms with Gasteiger partial charge in [0.2, 0.25) is 0 Å². The zero-order valence-corrected chi connectivity index (χ0v) is 20.8. The highest BCUT2D eigenvalue weighted by Gasteiger charge is 2.38. The van der Waals surface area contributed by atoms with Gasteiger partial charge in [-0.15, -0.1) is 0 Å². The van der Waals surface area contributed by atoms with Crippen LogP contribution in [-0.4, -0.2) is 39.3 Å². The van der Waals surface area contributed by atoms with Gasteiger partial charge >= 0.3 is 0 Å². The second kappa shape index (κ2) is 12.7. The summed E-state index contributed by atoms with van der Waals surface area (Å²) in [6.07, 6.45) is 6.48. The lowest BCUT2D eigenvalue weighted by molar-refractivity contribution is 0.0233. The van der Waals surface area contributed by atoms with Crippen molar-refractivity contribution in [3.05, 3.63) is 29.8 Å². The molecule has 0 unspecified atom stereocenters. The molecule has 0 spiro atoms. The molecular weight excluding hydrogens is 380 g/mol. The predicted molar refractivity (Wildman–Crippen MR) is 124 cm³/mol. The Labute approximate surface area is 180 Å². The number of rotatable bonds is 14. The Bertz CT molecular complexity index is 551. The fourth-order valence-electron chi connectivity index (χ4n) is 3.02. The van der Waals surface area contributed by atoms with Crippen LogP contribution in [0.2, 0.25) is 18.1 Å². The summed E-state index contributed by atoms with van der Waals surface area (Å²) < 4.78 is 17.2. The molecule has 2 atom stereocenters. The maximum absolute atomic E-state index is 10.1. The molecule has 0 aliphatic rings. The molecule has 29 heavy (non-hydrogen) atoms. The summed E-state index contributed by atoms with van der Waals surface area (Å²) in [7, 11) is 0.00446. The Morgan fingerprint density at radius 2 is 1.55 bits per heavy atom. The Morgan fingerprint density at radius 3 is 2.10 bits per heavy atom. The Morgan fingerprint density at radius 1 is 0.966 bits per heavy atom. The van der Waals surface area contributed by atoms with Gasteiger partial charge in [0.1, 0.15) is 5.75 Å². The third kappa shape index (κ3) is 10.6. The third-order valence-electron chi connectivity index (χ3n) is 5.94. The highest BCUT2D eigenvalue weighted by Crippen LogP contribution is 2.37. The lowest BCUT2D eigenvalue weighted by Crippen LogP contribution is -2.43. The van der Waals surface area contributed by atoms with E-state index < -0.39 is 8.32 Å². The summed E-state index contributed by atoms with van der Waals surface area (Å²) in [5.74, 6) is 0.842. The first-order valence-corrected chi connectivity index (χ1v) is 14.0. The molecule has 1 rings (SSSR count). The van der Waals surface area contributed by atoms with Crippen molar-refractivity contribution < 1.29 is 19.0 Å². The number of unbranched alkanes of at least 4 members (excludes halogenated alkanes) is 3. The van der Waals surface area contributed by atoms with Gasteiger partial charge in [0.05, 0.1) is 26.4 Å². The molecule has 0 saturated heterocycles. The maximum atomic E-state index is 10.1. The number of aliphatic hydroxyl groups excluding tert-OH is 1. The van der Waals surface area contributed by atoms with Gasteiger partial charge in [-0.25, -0.2) is 0 Å². The monoisotopic (exact) mass is 424 g/mol. The Balaban J connectivity index is 2.06. The Kier molecular flexibility index (Phi) is 11.5. The molecule has 0 aliphatic carbocycles. The highest BCUT2D eigenvalue weighted by molar-refractivity contribution is 6.74. The summed E-state index contributed by atoms with van der Waals surface area (Å²) in [6, 6.07) is 7.82. The largest absolute Gasteiger partial charge is 0.497 e. The van der Waals surface area contributed by atoms with Crippen LogP contribution in [0.5, 0.6) is 5.75 Å². The molecule has 0 amide bonds. The number of benzene rings is 1. The topological polar surface area (TPSA) is 47.9 Å². The second-order valence-corrected chi connectivity index (χ2v) is 14.5. The molecule has 1 aromatic rings. The minimum absolute atomic E-state index is 0.271. The van der Waals surface area contributed by atoms with Crippen molar-refractivity contribution in [3.63, 3.8) is 0 Å². The van der Waals surface area contributed by atoms with E-state index in [1.807, 2.05) is 24.3 Å². The summed E-state index contributed by atoms with van der Waals surface area (Å²) in [4.78, 5) is 0. The van der Waals surface area contributed by atoms with Crippen molar-refractivity contribution >= 4 is 8.32 Å². The summed E-state index contributed by atoms with van der Waals surface area (Å²) in [6.45, 7) is 14.6. The molecule has 5 heteroatoms. The first-order valence-electron chi connectivity index (χ1n) is 11.1. The van der Waals surface area contributed by atoms with E-state index in [0.29, 0.717) is 19.3 Å². The first kappa shape index (κ1) is 26.2. The molecule has 0 aliphatic heterocycles. The van der Waals surface area contributed by atoms with Crippen molar-refractivity contribution in [1.29, 1.82) is 0 Å². The van der Waals surface area contributed by atoms with Crippen LogP contribution < -0.4 is 4.74 Å². The van der Waals surface area contributed by atoms with Gasteiger partial charge in [0.15, 0.2) is 8.32 Å². The van der Waals surface area contributed by atoms with Crippen LogP contribution in [0.15, 0.2) is 24.3 Å². The van der Waals surface area contributed by atoms with Crippen LogP contribution in [0.25, 0.3) is 0 Å². The van der Waals surface area contributed by atoms with Crippen LogP contribution in [0.4, 0.5) is 0 Å². The van der Waals surface area contributed by atoms with Crippen LogP contribution >= 0.6 is 0 Å². The molecule has 0 saturated carbocycles. The zero-order chi connectivity index (χ0) is 21.9. The van der Waals surface area contributed by atoms with E-state index in [0.717, 1.165) is 37.0 Å². The van der Waals surface area contributed by atoms with E-state index in [1.54, 1.807) is 7.11 Å². The number of aliphatic hydroxyl groups is 1. The number of ether oxygens (including phenoxy) is 2. The molecule has 168 valence electrons.